The molecule has 1 heterocycles. The molecule has 3 aromatic rings. The molecule has 0 saturated heterocycles. The van der Waals surface area contributed by atoms with E-state index in [1.165, 1.54) is 5.56 Å². The summed E-state index contributed by atoms with van der Waals surface area (Å²) in [7, 11) is 3.45. The average Bonchev–Trinajstić information content (AvgIpc) is 3.25. The summed E-state index contributed by atoms with van der Waals surface area (Å²) in [6.07, 6.45) is 2.67. The third kappa shape index (κ3) is 5.85. The number of benzene rings is 2. The predicted molar refractivity (Wildman–Crippen MR) is 116 cm³/mol. The van der Waals surface area contributed by atoms with Gasteiger partial charge < -0.3 is 19.8 Å². The molecule has 0 aliphatic heterocycles. The van der Waals surface area contributed by atoms with E-state index in [1.807, 2.05) is 42.5 Å². The molecular formula is C23H28N4O2. The van der Waals surface area contributed by atoms with Crippen LogP contribution in [-0.2, 0) is 6.54 Å². The third-order valence-corrected chi connectivity index (χ3v) is 4.79. The van der Waals surface area contributed by atoms with Gasteiger partial charge in [0.05, 0.1) is 19.3 Å². The van der Waals surface area contributed by atoms with Gasteiger partial charge in [0, 0.05) is 19.2 Å². The quantitative estimate of drug-likeness (QED) is 0.444. The van der Waals surface area contributed by atoms with E-state index in [0.29, 0.717) is 18.4 Å². The van der Waals surface area contributed by atoms with Crippen molar-refractivity contribution < 1.29 is 9.15 Å². The summed E-state index contributed by atoms with van der Waals surface area (Å²) in [5, 5.41) is 6.64. The van der Waals surface area contributed by atoms with Gasteiger partial charge in [0.2, 0.25) is 5.89 Å². The topological polar surface area (TPSA) is 71.7 Å². The highest BCUT2D eigenvalue weighted by molar-refractivity contribution is 5.79. The summed E-state index contributed by atoms with van der Waals surface area (Å²) in [6.45, 7) is 3.59. The van der Waals surface area contributed by atoms with Gasteiger partial charge in [-0.1, -0.05) is 37.3 Å². The van der Waals surface area contributed by atoms with Crippen LogP contribution in [0.15, 0.2) is 70.3 Å². The molecule has 3 rings (SSSR count). The van der Waals surface area contributed by atoms with Gasteiger partial charge in [-0.05, 0) is 42.2 Å². The molecular weight excluding hydrogens is 364 g/mol. The number of oxazole rings is 1. The first kappa shape index (κ1) is 20.5. The highest BCUT2D eigenvalue weighted by Crippen LogP contribution is 2.21. The van der Waals surface area contributed by atoms with E-state index in [-0.39, 0.29) is 0 Å². The molecule has 29 heavy (non-hydrogen) atoms. The first-order valence-corrected chi connectivity index (χ1v) is 9.78. The van der Waals surface area contributed by atoms with E-state index in [1.54, 1.807) is 20.4 Å². The van der Waals surface area contributed by atoms with Crippen molar-refractivity contribution in [3.63, 3.8) is 0 Å². The van der Waals surface area contributed by atoms with Crippen LogP contribution in [0.5, 0.6) is 5.75 Å². The standard InChI is InChI=1S/C23H28N4O2/c1-17(18-9-11-21(28-3)12-10-18)13-14-25-23(24-2)26-15-20-16-29-22(27-20)19-7-5-4-6-8-19/h4-12,16-17H,13-15H2,1-3H3,(H2,24,25,26). The Bertz CT molecular complexity index is 904. The first-order valence-electron chi connectivity index (χ1n) is 9.78. The summed E-state index contributed by atoms with van der Waals surface area (Å²) >= 11 is 0. The van der Waals surface area contributed by atoms with Crippen molar-refractivity contribution in [2.24, 2.45) is 4.99 Å². The van der Waals surface area contributed by atoms with Gasteiger partial charge in [-0.2, -0.15) is 0 Å². The number of methoxy groups -OCH3 is 1. The van der Waals surface area contributed by atoms with Crippen LogP contribution < -0.4 is 15.4 Å². The number of rotatable bonds is 8. The first-order chi connectivity index (χ1) is 14.2. The molecule has 6 nitrogen and oxygen atoms in total. The van der Waals surface area contributed by atoms with E-state index >= 15 is 0 Å². The number of nitrogens with one attached hydrogen (secondary N) is 2. The molecule has 1 aromatic heterocycles. The SMILES string of the molecule is CN=C(NCCC(C)c1ccc(OC)cc1)NCc1coc(-c2ccccc2)n1. The fraction of sp³-hybridized carbons (Fsp3) is 0.304. The van der Waals surface area contributed by atoms with Crippen LogP contribution in [0.2, 0.25) is 0 Å². The number of guanidine groups is 1. The maximum Gasteiger partial charge on any atom is 0.226 e. The van der Waals surface area contributed by atoms with Gasteiger partial charge in [-0.3, -0.25) is 4.99 Å². The molecule has 1 unspecified atom stereocenters. The maximum absolute atomic E-state index is 5.57. The summed E-state index contributed by atoms with van der Waals surface area (Å²) in [6, 6.07) is 18.1. The molecule has 0 bridgehead atoms. The lowest BCUT2D eigenvalue weighted by Gasteiger charge is -2.15. The number of hydrogen-bond donors (Lipinski definition) is 2. The van der Waals surface area contributed by atoms with Gasteiger partial charge >= 0.3 is 0 Å². The summed E-state index contributed by atoms with van der Waals surface area (Å²) in [5.74, 6) is 2.69. The maximum atomic E-state index is 5.57. The zero-order valence-corrected chi connectivity index (χ0v) is 17.2. The van der Waals surface area contributed by atoms with Crippen molar-refractivity contribution in [2.75, 3.05) is 20.7 Å². The minimum Gasteiger partial charge on any atom is -0.497 e. The van der Waals surface area contributed by atoms with E-state index in [4.69, 9.17) is 9.15 Å². The Morgan fingerprint density at radius 3 is 2.55 bits per heavy atom. The minimum atomic E-state index is 0.440. The Balaban J connectivity index is 1.44. The third-order valence-electron chi connectivity index (χ3n) is 4.79. The largest absolute Gasteiger partial charge is 0.497 e. The van der Waals surface area contributed by atoms with Gasteiger partial charge in [-0.25, -0.2) is 4.98 Å². The molecule has 0 aliphatic carbocycles. The Kier molecular flexibility index (Phi) is 7.28. The second-order valence-electron chi connectivity index (χ2n) is 6.83. The van der Waals surface area contributed by atoms with Crippen LogP contribution in [-0.4, -0.2) is 31.6 Å². The molecule has 0 aliphatic rings. The highest BCUT2D eigenvalue weighted by Gasteiger charge is 2.08. The normalized spacial score (nSPS) is 12.4. The lowest BCUT2D eigenvalue weighted by Crippen LogP contribution is -2.37. The molecule has 152 valence electrons. The van der Waals surface area contributed by atoms with Crippen LogP contribution in [0, 0.1) is 0 Å². The number of aromatic nitrogens is 1. The van der Waals surface area contributed by atoms with Crippen LogP contribution in [0.1, 0.15) is 30.5 Å². The molecule has 0 radical (unpaired) electrons. The van der Waals surface area contributed by atoms with E-state index in [2.05, 4.69) is 39.7 Å². The zero-order valence-electron chi connectivity index (χ0n) is 17.2. The molecule has 0 spiro atoms. The van der Waals surface area contributed by atoms with Crippen LogP contribution >= 0.6 is 0 Å². The smallest absolute Gasteiger partial charge is 0.226 e. The monoisotopic (exact) mass is 392 g/mol. The Hall–Kier alpha value is -3.28. The fourth-order valence-corrected chi connectivity index (χ4v) is 3.00. The lowest BCUT2D eigenvalue weighted by atomic mass is 9.98. The van der Waals surface area contributed by atoms with Gasteiger partial charge in [-0.15, -0.1) is 0 Å². The van der Waals surface area contributed by atoms with E-state index in [0.717, 1.165) is 35.9 Å². The van der Waals surface area contributed by atoms with Crippen molar-refractivity contribution in [2.45, 2.75) is 25.8 Å². The van der Waals surface area contributed by atoms with Crippen molar-refractivity contribution >= 4 is 5.96 Å². The number of nitrogens with zero attached hydrogens (tertiary/aromatic N) is 2. The minimum absolute atomic E-state index is 0.440. The fourth-order valence-electron chi connectivity index (χ4n) is 3.00. The predicted octanol–water partition coefficient (Wildman–Crippen LogP) is 4.21. The zero-order chi connectivity index (χ0) is 20.5. The second-order valence-corrected chi connectivity index (χ2v) is 6.83. The van der Waals surface area contributed by atoms with Crippen molar-refractivity contribution in [1.29, 1.82) is 0 Å². The van der Waals surface area contributed by atoms with Crippen molar-refractivity contribution in [1.82, 2.24) is 15.6 Å². The summed E-state index contributed by atoms with van der Waals surface area (Å²) < 4.78 is 10.8. The molecule has 0 fully saturated rings. The Labute approximate surface area is 172 Å². The second kappa shape index (κ2) is 10.3. The molecule has 0 amide bonds. The molecule has 2 N–H and O–H groups in total. The van der Waals surface area contributed by atoms with Gasteiger partial charge in [0.1, 0.15) is 12.0 Å². The van der Waals surface area contributed by atoms with Gasteiger partial charge in [0.15, 0.2) is 5.96 Å². The number of hydrogen-bond acceptors (Lipinski definition) is 4. The van der Waals surface area contributed by atoms with Crippen molar-refractivity contribution in [3.05, 3.63) is 72.1 Å². The highest BCUT2D eigenvalue weighted by atomic mass is 16.5. The molecule has 6 heteroatoms. The van der Waals surface area contributed by atoms with Crippen LogP contribution in [0.4, 0.5) is 0 Å². The van der Waals surface area contributed by atoms with Gasteiger partial charge in [0.25, 0.3) is 0 Å². The average molecular weight is 393 g/mol. The van der Waals surface area contributed by atoms with E-state index < -0.39 is 0 Å². The summed E-state index contributed by atoms with van der Waals surface area (Å²) in [4.78, 5) is 8.81. The molecule has 1 atom stereocenters. The number of aliphatic imine (C=N–C) groups is 1. The van der Waals surface area contributed by atoms with Crippen LogP contribution in [0.25, 0.3) is 11.5 Å². The number of ether oxygens (including phenoxy) is 1. The molecule has 2 aromatic carbocycles. The van der Waals surface area contributed by atoms with Crippen LogP contribution in [0.3, 0.4) is 0 Å². The Morgan fingerprint density at radius 2 is 1.86 bits per heavy atom. The molecule has 0 saturated carbocycles. The van der Waals surface area contributed by atoms with E-state index in [9.17, 15) is 0 Å². The Morgan fingerprint density at radius 1 is 1.10 bits per heavy atom. The van der Waals surface area contributed by atoms with Crippen molar-refractivity contribution in [3.8, 4) is 17.2 Å². The summed E-state index contributed by atoms with van der Waals surface area (Å²) in [5.41, 5.74) is 3.10. The lowest BCUT2D eigenvalue weighted by molar-refractivity contribution is 0.414.